The number of rotatable bonds is 5. The summed E-state index contributed by atoms with van der Waals surface area (Å²) in [5.74, 6) is 0.314. The summed E-state index contributed by atoms with van der Waals surface area (Å²) in [6, 6.07) is 16.5. The summed E-state index contributed by atoms with van der Waals surface area (Å²) in [7, 11) is 0. The third kappa shape index (κ3) is 3.75. The van der Waals surface area contributed by atoms with Crippen molar-refractivity contribution in [2.45, 2.75) is 13.0 Å². The van der Waals surface area contributed by atoms with Crippen molar-refractivity contribution < 1.29 is 4.79 Å². The Labute approximate surface area is 159 Å². The van der Waals surface area contributed by atoms with E-state index in [4.69, 9.17) is 0 Å². The molecule has 1 amide bonds. The number of hydrogen-bond donors (Lipinski definition) is 1. The smallest absolute Gasteiger partial charge is 0.277 e. The van der Waals surface area contributed by atoms with Gasteiger partial charge in [-0.2, -0.15) is 0 Å². The van der Waals surface area contributed by atoms with Crippen LogP contribution in [-0.2, 0) is 11.3 Å². The van der Waals surface area contributed by atoms with E-state index in [1.165, 1.54) is 4.68 Å². The normalized spacial score (nSPS) is 10.7. The topological polar surface area (TPSA) is 103 Å². The first-order chi connectivity index (χ1) is 13.7. The van der Waals surface area contributed by atoms with E-state index in [2.05, 4.69) is 25.6 Å². The highest BCUT2D eigenvalue weighted by molar-refractivity contribution is 5.90. The van der Waals surface area contributed by atoms with Crippen molar-refractivity contribution >= 4 is 22.5 Å². The van der Waals surface area contributed by atoms with Gasteiger partial charge in [0.15, 0.2) is 5.82 Å². The Kier molecular flexibility index (Phi) is 4.83. The van der Waals surface area contributed by atoms with Crippen LogP contribution in [0.2, 0.25) is 0 Å². The molecular formula is C20H16N6O2. The maximum Gasteiger partial charge on any atom is 0.277 e. The van der Waals surface area contributed by atoms with Crippen molar-refractivity contribution in [3.8, 4) is 11.4 Å². The van der Waals surface area contributed by atoms with Gasteiger partial charge in [-0.05, 0) is 12.1 Å². The van der Waals surface area contributed by atoms with E-state index in [1.54, 1.807) is 36.7 Å². The van der Waals surface area contributed by atoms with Crippen molar-refractivity contribution in [1.29, 1.82) is 0 Å². The number of hydrogen-bond acceptors (Lipinski definition) is 6. The predicted octanol–water partition coefficient (Wildman–Crippen LogP) is 2.28. The summed E-state index contributed by atoms with van der Waals surface area (Å²) in [6.07, 6.45) is 3.18. The highest BCUT2D eigenvalue weighted by atomic mass is 16.2. The predicted molar refractivity (Wildman–Crippen MR) is 105 cm³/mol. The minimum atomic E-state index is -0.269. The van der Waals surface area contributed by atoms with Gasteiger partial charge in [0.05, 0.1) is 30.0 Å². The molecule has 0 spiro atoms. The minimum Gasteiger partial charge on any atom is -0.323 e. The molecule has 138 valence electrons. The molecule has 28 heavy (non-hydrogen) atoms. The molecule has 2 heterocycles. The van der Waals surface area contributed by atoms with Gasteiger partial charge < -0.3 is 5.32 Å². The number of aromatic nitrogens is 5. The fraction of sp³-hybridized carbons (Fsp3) is 0.100. The van der Waals surface area contributed by atoms with Crippen molar-refractivity contribution in [2.24, 2.45) is 0 Å². The van der Waals surface area contributed by atoms with E-state index >= 15 is 0 Å². The van der Waals surface area contributed by atoms with Crippen LogP contribution >= 0.6 is 0 Å². The molecule has 2 aromatic heterocycles. The van der Waals surface area contributed by atoms with E-state index in [0.717, 1.165) is 5.56 Å². The number of fused-ring (bicyclic) bond motifs is 1. The van der Waals surface area contributed by atoms with Gasteiger partial charge in [0, 0.05) is 12.0 Å². The third-order valence-corrected chi connectivity index (χ3v) is 4.15. The van der Waals surface area contributed by atoms with Crippen LogP contribution in [0.1, 0.15) is 6.42 Å². The third-order valence-electron chi connectivity index (χ3n) is 4.15. The molecule has 0 bridgehead atoms. The van der Waals surface area contributed by atoms with Gasteiger partial charge in [-0.1, -0.05) is 47.7 Å². The number of carbonyl (C=O) groups excluding carboxylic acids is 1. The first-order valence-electron chi connectivity index (χ1n) is 8.70. The summed E-state index contributed by atoms with van der Waals surface area (Å²) in [6.45, 7) is 0.130. The van der Waals surface area contributed by atoms with E-state index in [1.807, 2.05) is 30.3 Å². The molecule has 0 atom stereocenters. The number of benzene rings is 2. The lowest BCUT2D eigenvalue weighted by Gasteiger charge is -2.07. The molecule has 1 N–H and O–H groups in total. The van der Waals surface area contributed by atoms with Crippen LogP contribution in [0.5, 0.6) is 0 Å². The molecule has 0 unspecified atom stereocenters. The van der Waals surface area contributed by atoms with Gasteiger partial charge >= 0.3 is 0 Å². The molecule has 0 saturated heterocycles. The Balaban J connectivity index is 1.40. The summed E-state index contributed by atoms with van der Waals surface area (Å²) < 4.78 is 1.19. The zero-order chi connectivity index (χ0) is 19.3. The second-order valence-electron chi connectivity index (χ2n) is 6.09. The molecule has 0 radical (unpaired) electrons. The minimum absolute atomic E-state index is 0.0767. The maximum absolute atomic E-state index is 12.4. The largest absolute Gasteiger partial charge is 0.323 e. The van der Waals surface area contributed by atoms with Gasteiger partial charge in [-0.15, -0.1) is 5.10 Å². The number of anilines is 1. The Morgan fingerprint density at radius 3 is 2.46 bits per heavy atom. The highest BCUT2D eigenvalue weighted by Crippen LogP contribution is 2.14. The van der Waals surface area contributed by atoms with Crippen LogP contribution in [0.25, 0.3) is 22.3 Å². The number of aryl methyl sites for hydroxylation is 1. The lowest BCUT2D eigenvalue weighted by Crippen LogP contribution is -2.26. The fourth-order valence-electron chi connectivity index (χ4n) is 2.73. The molecule has 8 nitrogen and oxygen atoms in total. The van der Waals surface area contributed by atoms with Crippen molar-refractivity contribution in [1.82, 2.24) is 25.0 Å². The summed E-state index contributed by atoms with van der Waals surface area (Å²) in [4.78, 5) is 33.1. The second kappa shape index (κ2) is 7.75. The van der Waals surface area contributed by atoms with Crippen LogP contribution < -0.4 is 10.9 Å². The molecule has 0 fully saturated rings. The summed E-state index contributed by atoms with van der Waals surface area (Å²) >= 11 is 0. The number of nitrogens with one attached hydrogen (secondary N) is 1. The van der Waals surface area contributed by atoms with E-state index < -0.39 is 0 Å². The van der Waals surface area contributed by atoms with Crippen molar-refractivity contribution in [3.63, 3.8) is 0 Å². The Hall–Kier alpha value is -3.94. The van der Waals surface area contributed by atoms with E-state index in [9.17, 15) is 9.59 Å². The standard InChI is InChI=1S/C20H16N6O2/c27-18(10-11-26-20(28)16-8-4-5-9-17(16)24-25-26)23-15-12-21-19(22-13-15)14-6-2-1-3-7-14/h1-9,12-13H,10-11H2,(H,23,27). The molecule has 0 saturated carbocycles. The number of nitrogens with zero attached hydrogens (tertiary/aromatic N) is 5. The molecule has 8 heteroatoms. The SMILES string of the molecule is O=C(CCn1nnc2ccccc2c1=O)Nc1cnc(-c2ccccc2)nc1. The van der Waals surface area contributed by atoms with E-state index in [0.29, 0.717) is 22.4 Å². The van der Waals surface area contributed by atoms with Crippen LogP contribution in [0.3, 0.4) is 0 Å². The molecule has 0 aliphatic rings. The maximum atomic E-state index is 12.4. The number of amides is 1. The van der Waals surface area contributed by atoms with Gasteiger partial charge in [0.1, 0.15) is 5.52 Å². The number of carbonyl (C=O) groups is 1. The molecule has 4 rings (SSSR count). The Bertz CT molecular complexity index is 1170. The molecular weight excluding hydrogens is 356 g/mol. The lowest BCUT2D eigenvalue weighted by molar-refractivity contribution is -0.116. The van der Waals surface area contributed by atoms with Gasteiger partial charge in [0.2, 0.25) is 5.91 Å². The average Bonchev–Trinajstić information content (AvgIpc) is 2.75. The van der Waals surface area contributed by atoms with Gasteiger partial charge in [-0.25, -0.2) is 14.6 Å². The Morgan fingerprint density at radius 2 is 1.68 bits per heavy atom. The zero-order valence-corrected chi connectivity index (χ0v) is 14.8. The molecule has 4 aromatic rings. The molecule has 0 aliphatic heterocycles. The first kappa shape index (κ1) is 17.5. The summed E-state index contributed by atoms with van der Waals surface area (Å²) in [5.41, 5.74) is 1.65. The monoisotopic (exact) mass is 372 g/mol. The summed E-state index contributed by atoms with van der Waals surface area (Å²) in [5, 5.41) is 11.1. The quantitative estimate of drug-likeness (QED) is 0.576. The second-order valence-corrected chi connectivity index (χ2v) is 6.09. The van der Waals surface area contributed by atoms with Crippen LogP contribution in [0.15, 0.2) is 71.8 Å². The van der Waals surface area contributed by atoms with Crippen LogP contribution in [0.4, 0.5) is 5.69 Å². The first-order valence-corrected chi connectivity index (χ1v) is 8.70. The van der Waals surface area contributed by atoms with Crippen molar-refractivity contribution in [2.75, 3.05) is 5.32 Å². The molecule has 0 aliphatic carbocycles. The average molecular weight is 372 g/mol. The Morgan fingerprint density at radius 1 is 0.964 bits per heavy atom. The van der Waals surface area contributed by atoms with E-state index in [-0.39, 0.29) is 24.4 Å². The van der Waals surface area contributed by atoms with Gasteiger partial charge in [-0.3, -0.25) is 9.59 Å². The van der Waals surface area contributed by atoms with Gasteiger partial charge in [0.25, 0.3) is 5.56 Å². The molecule has 2 aromatic carbocycles. The highest BCUT2D eigenvalue weighted by Gasteiger charge is 2.09. The fourth-order valence-corrected chi connectivity index (χ4v) is 2.73. The zero-order valence-electron chi connectivity index (χ0n) is 14.8. The van der Waals surface area contributed by atoms with Crippen molar-refractivity contribution in [3.05, 3.63) is 77.3 Å². The lowest BCUT2D eigenvalue weighted by atomic mass is 10.2. The van der Waals surface area contributed by atoms with Crippen LogP contribution in [-0.4, -0.2) is 30.9 Å². The van der Waals surface area contributed by atoms with Crippen LogP contribution in [0, 0.1) is 0 Å².